The van der Waals surface area contributed by atoms with Crippen LogP contribution < -0.4 is 10.6 Å². The molecule has 0 amide bonds. The standard InChI is InChI=1S/C16H28N4/c1-11(2)20-16(15(17)12(3)18-20)19-9-8-13-6-4-5-7-14(13)10-19/h11,13-14H,4-10,17H2,1-3H3. The molecule has 0 bridgehead atoms. The van der Waals surface area contributed by atoms with Crippen LogP contribution in [0.4, 0.5) is 11.5 Å². The zero-order valence-electron chi connectivity index (χ0n) is 13.1. The van der Waals surface area contributed by atoms with E-state index in [9.17, 15) is 0 Å². The smallest absolute Gasteiger partial charge is 0.150 e. The molecule has 1 aromatic rings. The van der Waals surface area contributed by atoms with E-state index in [1.54, 1.807) is 0 Å². The molecule has 0 radical (unpaired) electrons. The first-order chi connectivity index (χ1) is 9.58. The van der Waals surface area contributed by atoms with Crippen LogP contribution in [0.25, 0.3) is 0 Å². The quantitative estimate of drug-likeness (QED) is 0.901. The normalized spacial score (nSPS) is 26.9. The van der Waals surface area contributed by atoms with Gasteiger partial charge >= 0.3 is 0 Å². The third-order valence-corrected chi connectivity index (χ3v) is 5.19. The van der Waals surface area contributed by atoms with Gasteiger partial charge in [-0.2, -0.15) is 5.10 Å². The summed E-state index contributed by atoms with van der Waals surface area (Å²) in [5, 5.41) is 4.64. The van der Waals surface area contributed by atoms with Gasteiger partial charge in [0.2, 0.25) is 0 Å². The van der Waals surface area contributed by atoms with Crippen molar-refractivity contribution in [2.75, 3.05) is 23.7 Å². The first-order valence-corrected chi connectivity index (χ1v) is 8.17. The molecule has 1 saturated carbocycles. The van der Waals surface area contributed by atoms with E-state index in [1.807, 2.05) is 6.92 Å². The van der Waals surface area contributed by atoms with Gasteiger partial charge < -0.3 is 10.6 Å². The number of hydrogen-bond donors (Lipinski definition) is 1. The average Bonchev–Trinajstić information content (AvgIpc) is 2.75. The van der Waals surface area contributed by atoms with E-state index in [4.69, 9.17) is 5.73 Å². The summed E-state index contributed by atoms with van der Waals surface area (Å²) < 4.78 is 2.12. The molecule has 4 heteroatoms. The fraction of sp³-hybridized carbons (Fsp3) is 0.812. The second kappa shape index (κ2) is 5.30. The minimum atomic E-state index is 0.366. The van der Waals surface area contributed by atoms with Gasteiger partial charge in [-0.05, 0) is 45.4 Å². The Morgan fingerprint density at radius 1 is 1.15 bits per heavy atom. The number of nitrogens with zero attached hydrogens (tertiary/aromatic N) is 3. The molecule has 3 rings (SSSR count). The minimum absolute atomic E-state index is 0.366. The van der Waals surface area contributed by atoms with Crippen molar-refractivity contribution in [2.45, 2.75) is 58.9 Å². The number of nitrogen functional groups attached to an aromatic ring is 1. The van der Waals surface area contributed by atoms with E-state index in [2.05, 4.69) is 28.5 Å². The van der Waals surface area contributed by atoms with Gasteiger partial charge in [-0.15, -0.1) is 0 Å². The Balaban J connectivity index is 1.86. The summed E-state index contributed by atoms with van der Waals surface area (Å²) in [5.41, 5.74) is 8.17. The van der Waals surface area contributed by atoms with Crippen LogP contribution in [0.5, 0.6) is 0 Å². The average molecular weight is 276 g/mol. The summed E-state index contributed by atoms with van der Waals surface area (Å²) >= 11 is 0. The lowest BCUT2D eigenvalue weighted by Gasteiger charge is -2.42. The third kappa shape index (κ3) is 2.29. The maximum Gasteiger partial charge on any atom is 0.150 e. The van der Waals surface area contributed by atoms with E-state index in [0.29, 0.717) is 6.04 Å². The van der Waals surface area contributed by atoms with Crippen molar-refractivity contribution < 1.29 is 0 Å². The van der Waals surface area contributed by atoms with Crippen molar-refractivity contribution in [3.63, 3.8) is 0 Å². The molecule has 1 aliphatic heterocycles. The Kier molecular flexibility index (Phi) is 3.65. The van der Waals surface area contributed by atoms with Gasteiger partial charge in [0.25, 0.3) is 0 Å². The highest BCUT2D eigenvalue weighted by molar-refractivity contribution is 5.66. The van der Waals surface area contributed by atoms with E-state index < -0.39 is 0 Å². The highest BCUT2D eigenvalue weighted by Crippen LogP contribution is 2.39. The summed E-state index contributed by atoms with van der Waals surface area (Å²) in [5.74, 6) is 2.99. The lowest BCUT2D eigenvalue weighted by Crippen LogP contribution is -2.43. The van der Waals surface area contributed by atoms with Crippen LogP contribution in [0.2, 0.25) is 0 Å². The maximum absolute atomic E-state index is 6.32. The molecule has 2 atom stereocenters. The molecule has 1 aliphatic carbocycles. The Bertz CT molecular complexity index is 477. The second-order valence-electron chi connectivity index (χ2n) is 6.90. The number of nitrogens with two attached hydrogens (primary N) is 1. The Morgan fingerprint density at radius 3 is 2.55 bits per heavy atom. The van der Waals surface area contributed by atoms with E-state index in [1.165, 1.54) is 44.5 Å². The van der Waals surface area contributed by atoms with Crippen molar-refractivity contribution in [3.05, 3.63) is 5.69 Å². The zero-order valence-corrected chi connectivity index (χ0v) is 13.1. The number of aromatic nitrogens is 2. The molecular formula is C16H28N4. The van der Waals surface area contributed by atoms with Crippen LogP contribution in [0.1, 0.15) is 57.7 Å². The highest BCUT2D eigenvalue weighted by Gasteiger charge is 2.33. The second-order valence-corrected chi connectivity index (χ2v) is 6.90. The van der Waals surface area contributed by atoms with Crippen LogP contribution >= 0.6 is 0 Å². The number of aryl methyl sites for hydroxylation is 1. The van der Waals surface area contributed by atoms with Crippen molar-refractivity contribution in [1.82, 2.24) is 9.78 Å². The van der Waals surface area contributed by atoms with Crippen LogP contribution in [-0.4, -0.2) is 22.9 Å². The third-order valence-electron chi connectivity index (χ3n) is 5.19. The molecule has 1 aromatic heterocycles. The predicted octanol–water partition coefficient (Wildman–Crippen LogP) is 3.37. The summed E-state index contributed by atoms with van der Waals surface area (Å²) in [7, 11) is 0. The lowest BCUT2D eigenvalue weighted by molar-refractivity contribution is 0.201. The molecule has 112 valence electrons. The van der Waals surface area contributed by atoms with E-state index in [-0.39, 0.29) is 0 Å². The summed E-state index contributed by atoms with van der Waals surface area (Å²) in [4.78, 5) is 2.50. The van der Waals surface area contributed by atoms with Crippen molar-refractivity contribution in [3.8, 4) is 0 Å². The monoisotopic (exact) mass is 276 g/mol. The minimum Gasteiger partial charge on any atom is -0.394 e. The largest absolute Gasteiger partial charge is 0.394 e. The Morgan fingerprint density at radius 2 is 1.85 bits per heavy atom. The maximum atomic E-state index is 6.32. The van der Waals surface area contributed by atoms with Gasteiger partial charge in [-0.1, -0.05) is 19.3 Å². The molecule has 0 spiro atoms. The predicted molar refractivity (Wildman–Crippen MR) is 84.0 cm³/mol. The van der Waals surface area contributed by atoms with Crippen molar-refractivity contribution >= 4 is 11.5 Å². The van der Waals surface area contributed by atoms with E-state index >= 15 is 0 Å². The van der Waals surface area contributed by atoms with Crippen LogP contribution in [0.15, 0.2) is 0 Å². The SMILES string of the molecule is Cc1nn(C(C)C)c(N2CCC3CCCCC3C2)c1N. The molecule has 0 aromatic carbocycles. The fourth-order valence-corrected chi connectivity index (χ4v) is 4.02. The topological polar surface area (TPSA) is 47.1 Å². The molecular weight excluding hydrogens is 248 g/mol. The first kappa shape index (κ1) is 13.8. The van der Waals surface area contributed by atoms with Crippen LogP contribution in [0.3, 0.4) is 0 Å². The van der Waals surface area contributed by atoms with Crippen molar-refractivity contribution in [1.29, 1.82) is 0 Å². The molecule has 2 aliphatic rings. The Hall–Kier alpha value is -1.19. The number of anilines is 2. The van der Waals surface area contributed by atoms with Gasteiger partial charge in [0, 0.05) is 19.1 Å². The highest BCUT2D eigenvalue weighted by atomic mass is 15.4. The molecule has 1 saturated heterocycles. The summed E-state index contributed by atoms with van der Waals surface area (Å²) in [6.07, 6.45) is 7.01. The fourth-order valence-electron chi connectivity index (χ4n) is 4.02. The number of piperidine rings is 1. The van der Waals surface area contributed by atoms with Gasteiger partial charge in [0.1, 0.15) is 0 Å². The molecule has 4 nitrogen and oxygen atoms in total. The lowest BCUT2D eigenvalue weighted by atomic mass is 9.75. The molecule has 2 N–H and O–H groups in total. The number of rotatable bonds is 2. The molecule has 20 heavy (non-hydrogen) atoms. The zero-order chi connectivity index (χ0) is 14.3. The van der Waals surface area contributed by atoms with E-state index in [0.717, 1.165) is 29.8 Å². The van der Waals surface area contributed by atoms with Gasteiger partial charge in [-0.25, -0.2) is 4.68 Å². The number of fused-ring (bicyclic) bond motifs is 1. The van der Waals surface area contributed by atoms with Gasteiger partial charge in [0.15, 0.2) is 5.82 Å². The Labute approximate surface area is 122 Å². The molecule has 2 unspecified atom stereocenters. The first-order valence-electron chi connectivity index (χ1n) is 8.17. The van der Waals surface area contributed by atoms with Gasteiger partial charge in [-0.3, -0.25) is 0 Å². The summed E-state index contributed by atoms with van der Waals surface area (Å²) in [6, 6.07) is 0.366. The van der Waals surface area contributed by atoms with Crippen LogP contribution in [0, 0.1) is 18.8 Å². The molecule has 2 fully saturated rings. The number of hydrogen-bond acceptors (Lipinski definition) is 3. The van der Waals surface area contributed by atoms with Crippen LogP contribution in [-0.2, 0) is 0 Å². The summed E-state index contributed by atoms with van der Waals surface area (Å²) in [6.45, 7) is 8.70. The molecule has 2 heterocycles. The van der Waals surface area contributed by atoms with Crippen molar-refractivity contribution in [2.24, 2.45) is 11.8 Å². The van der Waals surface area contributed by atoms with Gasteiger partial charge in [0.05, 0.1) is 11.4 Å².